The Bertz CT molecular complexity index is 1180. The minimum Gasteiger partial charge on any atom is 0 e. The predicted octanol–water partition coefficient (Wildman–Crippen LogP) is 14.6. The molecule has 0 spiro atoms. The van der Waals surface area contributed by atoms with E-state index in [2.05, 4.69) is 111 Å². The van der Waals surface area contributed by atoms with E-state index in [0.717, 1.165) is 26.2 Å². The topological polar surface area (TPSA) is 56.4 Å². The minimum atomic E-state index is -10.7. The van der Waals surface area contributed by atoms with E-state index in [1.165, 1.54) is 100 Å². The third kappa shape index (κ3) is 19.9. The van der Waals surface area contributed by atoms with Crippen LogP contribution in [0.3, 0.4) is 0 Å². The summed E-state index contributed by atoms with van der Waals surface area (Å²) in [6.07, 6.45) is 28.7. The monoisotopic (exact) mass is 934 g/mol. The van der Waals surface area contributed by atoms with Crippen LogP contribution in [0.4, 0.5) is 25.2 Å². The molecule has 0 amide bonds. The molecule has 6 rings (SSSR count). The Morgan fingerprint density at radius 3 is 1.06 bits per heavy atom. The van der Waals surface area contributed by atoms with Crippen LogP contribution < -0.4 is 0 Å². The molecule has 1 radical (unpaired) electrons. The van der Waals surface area contributed by atoms with Gasteiger partial charge in [0, 0.05) is 20.1 Å². The van der Waals surface area contributed by atoms with Crippen LogP contribution in [0, 0.1) is 22.7 Å². The number of piperidine rings is 4. The molecule has 0 aromatic carbocycles. The first-order valence-corrected chi connectivity index (χ1v) is 20.9. The van der Waals surface area contributed by atoms with Crippen LogP contribution in [0.25, 0.3) is 21.3 Å². The van der Waals surface area contributed by atoms with Crippen molar-refractivity contribution >= 4 is 7.81 Å². The fourth-order valence-corrected chi connectivity index (χ4v) is 6.56. The van der Waals surface area contributed by atoms with Crippen molar-refractivity contribution in [2.24, 2.45) is 10.8 Å². The third-order valence-corrected chi connectivity index (χ3v) is 9.58. The summed E-state index contributed by atoms with van der Waals surface area (Å²) in [4.78, 5) is 0. The van der Waals surface area contributed by atoms with Crippen molar-refractivity contribution in [1.82, 2.24) is 0 Å². The van der Waals surface area contributed by atoms with E-state index >= 15 is 0 Å². The van der Waals surface area contributed by atoms with Crippen LogP contribution in [0.2, 0.25) is 0 Å². The molecule has 0 aromatic heterocycles. The number of allylic oxidation sites excluding steroid dienone is 2. The molecule has 0 bridgehead atoms. The van der Waals surface area contributed by atoms with Gasteiger partial charge >= 0.3 is 33.0 Å². The summed E-state index contributed by atoms with van der Waals surface area (Å²) in [7, 11) is -10.7. The zero-order valence-electron chi connectivity index (χ0n) is 31.9. The average molecular weight is 934 g/mol. The fraction of sp³-hybridized carbons (Fsp3) is 0.700. The maximum atomic E-state index is 9.87. The van der Waals surface area contributed by atoms with Crippen molar-refractivity contribution < 1.29 is 45.3 Å². The second-order valence-corrected chi connectivity index (χ2v) is 18.2. The summed E-state index contributed by atoms with van der Waals surface area (Å²) in [5.41, 5.74) is 9.82. The summed E-state index contributed by atoms with van der Waals surface area (Å²) in [5.74, 6) is 2.71. The van der Waals surface area contributed by atoms with Gasteiger partial charge in [0.15, 0.2) is 0 Å². The standard InChI is InChI=1S/2C15H21N.C10H18N2.F6P.Ir/c2*1-15(2,3)13-9-7-12(8-10-13)14-6-4-5-11-16-14;1-3-7-11-9(5-1)10-6-2-4-8-12-10;1-7(2,3,4,5)6;/h2*7,9-10,14H,4-6,11H2,1-3H3;9-10H,1-8H2;;/q3*-2;-1;. The molecular formula is C40H60F6IrN4P-7. The smallest absolute Gasteiger partial charge is 0 e. The van der Waals surface area contributed by atoms with Gasteiger partial charge in [0.05, 0.1) is 0 Å². The Labute approximate surface area is 323 Å². The molecule has 52 heavy (non-hydrogen) atoms. The Hall–Kier alpha value is -1.24. The first kappa shape index (κ1) is 46.9. The van der Waals surface area contributed by atoms with Crippen LogP contribution in [0.15, 0.2) is 59.1 Å². The van der Waals surface area contributed by atoms with Gasteiger partial charge in [-0.1, -0.05) is 129 Å². The van der Waals surface area contributed by atoms with Crippen molar-refractivity contribution in [3.63, 3.8) is 0 Å². The van der Waals surface area contributed by atoms with Gasteiger partial charge in [-0.2, -0.15) is 36.4 Å². The number of hydrogen-bond acceptors (Lipinski definition) is 0. The molecule has 0 N–H and O–H groups in total. The van der Waals surface area contributed by atoms with Gasteiger partial charge in [0.2, 0.25) is 0 Å². The summed E-state index contributed by atoms with van der Waals surface area (Å²) in [6, 6.07) is 2.00. The van der Waals surface area contributed by atoms with Gasteiger partial charge in [-0.3, -0.25) is 11.5 Å². The molecule has 303 valence electrons. The summed E-state index contributed by atoms with van der Waals surface area (Å²) < 4.78 is 59.2. The zero-order valence-corrected chi connectivity index (χ0v) is 35.2. The second-order valence-electron chi connectivity index (χ2n) is 16.3. The van der Waals surface area contributed by atoms with E-state index in [1.54, 1.807) is 0 Å². The summed E-state index contributed by atoms with van der Waals surface area (Å²) in [5, 5.41) is 18.6. The van der Waals surface area contributed by atoms with Gasteiger partial charge in [-0.05, 0) is 0 Å². The first-order valence-electron chi connectivity index (χ1n) is 18.8. The van der Waals surface area contributed by atoms with Crippen molar-refractivity contribution in [3.05, 3.63) is 92.2 Å². The van der Waals surface area contributed by atoms with E-state index in [4.69, 9.17) is 0 Å². The molecule has 4 fully saturated rings. The molecule has 4 aliphatic heterocycles. The number of rotatable bonds is 3. The molecule has 0 aromatic rings. The van der Waals surface area contributed by atoms with Crippen molar-refractivity contribution in [2.45, 2.75) is 143 Å². The normalized spacial score (nSPS) is 27.8. The quantitative estimate of drug-likeness (QED) is 0.117. The van der Waals surface area contributed by atoms with Crippen LogP contribution in [0.5, 0.6) is 0 Å². The second kappa shape index (κ2) is 19.6. The van der Waals surface area contributed by atoms with Crippen molar-refractivity contribution in [1.29, 1.82) is 0 Å². The molecule has 4 heterocycles. The molecular weight excluding hydrogens is 874 g/mol. The Morgan fingerprint density at radius 1 is 0.538 bits per heavy atom. The van der Waals surface area contributed by atoms with E-state index < -0.39 is 7.81 Å². The van der Waals surface area contributed by atoms with Crippen LogP contribution in [0.1, 0.15) is 119 Å². The van der Waals surface area contributed by atoms with E-state index in [0.29, 0.717) is 24.2 Å². The third-order valence-electron chi connectivity index (χ3n) is 9.58. The number of halogens is 6. The first-order chi connectivity index (χ1) is 23.6. The van der Waals surface area contributed by atoms with Gasteiger partial charge in [0.25, 0.3) is 0 Å². The zero-order chi connectivity index (χ0) is 37.8. The van der Waals surface area contributed by atoms with Crippen molar-refractivity contribution in [2.75, 3.05) is 26.2 Å². The van der Waals surface area contributed by atoms with Crippen LogP contribution in [-0.2, 0) is 20.1 Å². The molecule has 2 aliphatic carbocycles. The Morgan fingerprint density at radius 2 is 0.846 bits per heavy atom. The van der Waals surface area contributed by atoms with Gasteiger partial charge in [-0.25, -0.2) is 0 Å². The minimum absolute atomic E-state index is 0. The largest absolute Gasteiger partial charge is 0 e. The maximum Gasteiger partial charge on any atom is 0 e. The van der Waals surface area contributed by atoms with E-state index in [9.17, 15) is 25.2 Å². The van der Waals surface area contributed by atoms with Crippen LogP contribution in [-0.4, -0.2) is 50.3 Å². The van der Waals surface area contributed by atoms with E-state index in [-0.39, 0.29) is 30.9 Å². The molecule has 12 heteroatoms. The average Bonchev–Trinajstić information content (AvgIpc) is 3.08. The predicted molar refractivity (Wildman–Crippen MR) is 204 cm³/mol. The molecule has 4 atom stereocenters. The molecule has 4 unspecified atom stereocenters. The summed E-state index contributed by atoms with van der Waals surface area (Å²) in [6.45, 7) is 17.7. The van der Waals surface area contributed by atoms with Crippen LogP contribution >= 0.6 is 7.81 Å². The maximum absolute atomic E-state index is 10.7. The molecule has 4 saturated heterocycles. The van der Waals surface area contributed by atoms with Crippen molar-refractivity contribution in [3.8, 4) is 0 Å². The fourth-order valence-electron chi connectivity index (χ4n) is 6.56. The number of hydrogen-bond donors (Lipinski definition) is 0. The summed E-state index contributed by atoms with van der Waals surface area (Å²) >= 11 is 0. The van der Waals surface area contributed by atoms with Gasteiger partial charge in [-0.15, -0.1) is 73.4 Å². The molecule has 6 aliphatic rings. The van der Waals surface area contributed by atoms with Gasteiger partial charge in [0.1, 0.15) is 0 Å². The molecule has 0 saturated carbocycles. The van der Waals surface area contributed by atoms with E-state index in [1.807, 2.05) is 0 Å². The van der Waals surface area contributed by atoms with Gasteiger partial charge < -0.3 is 21.3 Å². The molecule has 4 nitrogen and oxygen atoms in total. The SMILES string of the molecule is C1CCC(C2CCCC[N-]2)[N-]C1.CC(C)(C)[C-]1C=C=C(C2CCCC[N-]2)C=C1.CC(C)(C)[C-]1C=C=C(C2CCCC[N-]2)C=C1.F[P-](F)(F)(F)(F)F.[Ir]. The Balaban J connectivity index is 0.000000248. The number of nitrogens with zero attached hydrogens (tertiary/aromatic N) is 4. The Kier molecular flexibility index (Phi) is 17.7.